The van der Waals surface area contributed by atoms with Crippen LogP contribution in [0.15, 0.2) is 18.2 Å². The van der Waals surface area contributed by atoms with Crippen molar-refractivity contribution in [1.82, 2.24) is 0 Å². The van der Waals surface area contributed by atoms with Crippen molar-refractivity contribution >= 4 is 63.0 Å². The van der Waals surface area contributed by atoms with Gasteiger partial charge in [0.25, 0.3) is 5.91 Å². The molecule has 1 heterocycles. The first kappa shape index (κ1) is 20.2. The van der Waals surface area contributed by atoms with Crippen molar-refractivity contribution in [3.05, 3.63) is 44.2 Å². The lowest BCUT2D eigenvalue weighted by Gasteiger charge is -2.10. The van der Waals surface area contributed by atoms with Gasteiger partial charge in [0.15, 0.2) is 6.61 Å². The molecule has 2 rings (SSSR count). The second-order valence-corrected chi connectivity index (χ2v) is 7.43. The number of hydrogen-bond donors (Lipinski definition) is 2. The molecule has 0 radical (unpaired) electrons. The van der Waals surface area contributed by atoms with Gasteiger partial charge in [0.05, 0.1) is 21.3 Å². The summed E-state index contributed by atoms with van der Waals surface area (Å²) in [5.74, 6) is -1.58. The molecule has 0 bridgehead atoms. The van der Waals surface area contributed by atoms with E-state index in [2.05, 4.69) is 10.6 Å². The number of anilines is 2. The molecule has 0 aliphatic heterocycles. The number of benzene rings is 1. The molecular formula is C17H16Cl2N2O4S. The Balaban J connectivity index is 2.07. The Morgan fingerprint density at radius 3 is 2.31 bits per heavy atom. The van der Waals surface area contributed by atoms with E-state index in [-0.39, 0.29) is 27.2 Å². The van der Waals surface area contributed by atoms with E-state index < -0.39 is 18.5 Å². The summed E-state index contributed by atoms with van der Waals surface area (Å²) in [6.45, 7) is 4.40. The van der Waals surface area contributed by atoms with E-state index in [9.17, 15) is 14.4 Å². The van der Waals surface area contributed by atoms with Crippen LogP contribution in [0.4, 0.5) is 10.7 Å². The summed E-state index contributed by atoms with van der Waals surface area (Å²) in [7, 11) is 0. The molecule has 0 aliphatic rings. The number of carbonyl (C=O) groups is 3. The molecule has 0 unspecified atom stereocenters. The van der Waals surface area contributed by atoms with E-state index in [0.717, 1.165) is 4.88 Å². The third kappa shape index (κ3) is 4.75. The fourth-order valence-corrected chi connectivity index (χ4v) is 3.70. The number of rotatable bonds is 5. The summed E-state index contributed by atoms with van der Waals surface area (Å²) in [6.07, 6.45) is 0. The van der Waals surface area contributed by atoms with E-state index in [1.165, 1.54) is 18.3 Å². The van der Waals surface area contributed by atoms with E-state index in [0.29, 0.717) is 10.6 Å². The first-order valence-electron chi connectivity index (χ1n) is 7.49. The number of amides is 2. The van der Waals surface area contributed by atoms with Crippen LogP contribution in [0.2, 0.25) is 10.0 Å². The highest BCUT2D eigenvalue weighted by molar-refractivity contribution is 7.16. The maximum Gasteiger partial charge on any atom is 0.341 e. The first-order chi connectivity index (χ1) is 12.2. The molecule has 26 heavy (non-hydrogen) atoms. The zero-order valence-corrected chi connectivity index (χ0v) is 16.6. The van der Waals surface area contributed by atoms with Gasteiger partial charge in [0.1, 0.15) is 5.00 Å². The van der Waals surface area contributed by atoms with Crippen LogP contribution >= 0.6 is 34.5 Å². The number of carbonyl (C=O) groups excluding carboxylic acids is 3. The predicted octanol–water partition coefficient (Wildman–Crippen LogP) is 4.43. The fourth-order valence-electron chi connectivity index (χ4n) is 2.12. The summed E-state index contributed by atoms with van der Waals surface area (Å²) in [4.78, 5) is 36.6. The van der Waals surface area contributed by atoms with Crippen molar-refractivity contribution in [2.75, 3.05) is 17.2 Å². The lowest BCUT2D eigenvalue weighted by molar-refractivity contribution is -0.119. The molecule has 0 spiro atoms. The smallest absolute Gasteiger partial charge is 0.341 e. The third-order valence-electron chi connectivity index (χ3n) is 3.44. The molecule has 0 atom stereocenters. The molecule has 0 saturated carbocycles. The van der Waals surface area contributed by atoms with Crippen molar-refractivity contribution < 1.29 is 19.1 Å². The molecule has 0 fully saturated rings. The Kier molecular flexibility index (Phi) is 6.63. The second kappa shape index (κ2) is 8.53. The van der Waals surface area contributed by atoms with Crippen molar-refractivity contribution in [2.24, 2.45) is 0 Å². The Bertz CT molecular complexity index is 860. The highest BCUT2D eigenvalue weighted by Gasteiger charge is 2.22. The molecule has 2 aromatic rings. The topological polar surface area (TPSA) is 84.5 Å². The van der Waals surface area contributed by atoms with Crippen molar-refractivity contribution in [3.63, 3.8) is 0 Å². The van der Waals surface area contributed by atoms with Crippen molar-refractivity contribution in [3.8, 4) is 0 Å². The summed E-state index contributed by atoms with van der Waals surface area (Å²) >= 11 is 13.2. The first-order valence-corrected chi connectivity index (χ1v) is 9.06. The Hall–Kier alpha value is -2.09. The monoisotopic (exact) mass is 414 g/mol. The fraction of sp³-hybridized carbons (Fsp3) is 0.235. The molecule has 1 aromatic carbocycles. The number of hydrogen-bond acceptors (Lipinski definition) is 5. The van der Waals surface area contributed by atoms with Gasteiger partial charge in [-0.1, -0.05) is 29.3 Å². The Morgan fingerprint density at radius 1 is 1.12 bits per heavy atom. The van der Waals surface area contributed by atoms with Crippen LogP contribution in [0.1, 0.15) is 27.7 Å². The van der Waals surface area contributed by atoms with Gasteiger partial charge in [-0.05, 0) is 31.5 Å². The molecule has 2 amide bonds. The maximum atomic E-state index is 12.4. The molecule has 1 aromatic heterocycles. The molecule has 0 saturated heterocycles. The van der Waals surface area contributed by atoms with Crippen LogP contribution in [0, 0.1) is 13.8 Å². The van der Waals surface area contributed by atoms with Crippen LogP contribution < -0.4 is 10.6 Å². The van der Waals surface area contributed by atoms with Gasteiger partial charge in [-0.25, -0.2) is 4.79 Å². The van der Waals surface area contributed by atoms with Crippen LogP contribution in [-0.2, 0) is 14.3 Å². The summed E-state index contributed by atoms with van der Waals surface area (Å²) in [5, 5.41) is 6.05. The molecule has 9 heteroatoms. The summed E-state index contributed by atoms with van der Waals surface area (Å²) in [5.41, 5.74) is 1.18. The van der Waals surface area contributed by atoms with Gasteiger partial charge in [0.2, 0.25) is 5.91 Å². The zero-order valence-electron chi connectivity index (χ0n) is 14.2. The highest BCUT2D eigenvalue weighted by Crippen LogP contribution is 2.33. The molecule has 0 aliphatic carbocycles. The number of para-hydroxylation sites is 1. The van der Waals surface area contributed by atoms with Crippen molar-refractivity contribution in [2.45, 2.75) is 20.8 Å². The zero-order chi connectivity index (χ0) is 19.4. The summed E-state index contributed by atoms with van der Waals surface area (Å²) in [6, 6.07) is 4.80. The lowest BCUT2D eigenvalue weighted by Crippen LogP contribution is -2.22. The van der Waals surface area contributed by atoms with E-state index >= 15 is 0 Å². The van der Waals surface area contributed by atoms with E-state index in [4.69, 9.17) is 27.9 Å². The largest absolute Gasteiger partial charge is 0.452 e. The average Bonchev–Trinajstić information content (AvgIpc) is 2.82. The maximum absolute atomic E-state index is 12.4. The SMILES string of the molecule is CC(=O)Nc1sc(C)c(C)c1C(=O)OCC(=O)Nc1c(Cl)cccc1Cl. The van der Waals surface area contributed by atoms with Crippen molar-refractivity contribution in [1.29, 1.82) is 0 Å². The van der Waals surface area contributed by atoms with Gasteiger partial charge in [-0.15, -0.1) is 11.3 Å². The normalized spacial score (nSPS) is 10.3. The number of halogens is 2. The standard InChI is InChI=1S/C17H16Cl2N2O4S/c1-8-9(2)26-16(20-10(3)22)14(8)17(24)25-7-13(23)21-15-11(18)5-4-6-12(15)19/h4-6H,7H2,1-3H3,(H,20,22)(H,21,23). The molecular weight excluding hydrogens is 399 g/mol. The van der Waals surface area contributed by atoms with Crippen LogP contribution in [0.25, 0.3) is 0 Å². The minimum atomic E-state index is -0.698. The minimum Gasteiger partial charge on any atom is -0.452 e. The number of ether oxygens (including phenoxy) is 1. The van der Waals surface area contributed by atoms with Gasteiger partial charge >= 0.3 is 5.97 Å². The Labute approximate surface area is 164 Å². The molecule has 6 nitrogen and oxygen atoms in total. The number of nitrogens with one attached hydrogen (secondary N) is 2. The van der Waals surface area contributed by atoms with E-state index in [1.807, 2.05) is 6.92 Å². The number of thiophene rings is 1. The predicted molar refractivity (Wildman–Crippen MR) is 103 cm³/mol. The third-order valence-corrected chi connectivity index (χ3v) is 5.19. The quantitative estimate of drug-likeness (QED) is 0.708. The van der Waals surface area contributed by atoms with Gasteiger partial charge in [0, 0.05) is 11.8 Å². The Morgan fingerprint density at radius 2 is 1.73 bits per heavy atom. The van der Waals surface area contributed by atoms with Gasteiger partial charge < -0.3 is 15.4 Å². The lowest BCUT2D eigenvalue weighted by atomic mass is 10.1. The van der Waals surface area contributed by atoms with Crippen LogP contribution in [0.5, 0.6) is 0 Å². The van der Waals surface area contributed by atoms with Crippen LogP contribution in [-0.4, -0.2) is 24.4 Å². The van der Waals surface area contributed by atoms with E-state index in [1.54, 1.807) is 25.1 Å². The second-order valence-electron chi connectivity index (χ2n) is 5.39. The molecule has 138 valence electrons. The van der Waals surface area contributed by atoms with Crippen LogP contribution in [0.3, 0.4) is 0 Å². The summed E-state index contributed by atoms with van der Waals surface area (Å²) < 4.78 is 5.08. The number of aryl methyl sites for hydroxylation is 1. The molecule has 2 N–H and O–H groups in total. The average molecular weight is 415 g/mol. The minimum absolute atomic E-state index is 0.242. The highest BCUT2D eigenvalue weighted by atomic mass is 35.5. The van der Waals surface area contributed by atoms with Gasteiger partial charge in [-0.2, -0.15) is 0 Å². The number of esters is 1. The van der Waals surface area contributed by atoms with Gasteiger partial charge in [-0.3, -0.25) is 9.59 Å².